The molecule has 3 saturated heterocycles. The van der Waals surface area contributed by atoms with Gasteiger partial charge in [-0.1, -0.05) is 178 Å². The predicted molar refractivity (Wildman–Crippen MR) is 477 cm³/mol. The molecule has 12 heterocycles. The number of carboxylic acid groups (broad SMARTS) is 1. The zero-order valence-electron chi connectivity index (χ0n) is 69.3. The Morgan fingerprint density at radius 2 is 0.709 bits per heavy atom. The van der Waals surface area contributed by atoms with E-state index in [4.69, 9.17) is 9.47 Å². The number of carbonyl (C=O) groups is 3. The molecule has 6 fully saturated rings. The van der Waals surface area contributed by atoms with Crippen LogP contribution in [0, 0.1) is 11.8 Å². The van der Waals surface area contributed by atoms with Crippen molar-refractivity contribution in [3.8, 4) is 33.8 Å². The summed E-state index contributed by atoms with van der Waals surface area (Å²) < 4.78 is 25.3. The molecule has 15 nitrogen and oxygen atoms in total. The Bertz CT molecular complexity index is 5730. The fourth-order valence-electron chi connectivity index (χ4n) is 23.2. The number of methoxy groups -OCH3 is 2. The van der Waals surface area contributed by atoms with Gasteiger partial charge in [0.05, 0.1) is 64.5 Å². The van der Waals surface area contributed by atoms with Crippen LogP contribution in [0.4, 0.5) is 0 Å². The molecule has 3 aliphatic carbocycles. The Morgan fingerprint density at radius 3 is 1.08 bits per heavy atom. The van der Waals surface area contributed by atoms with Crippen molar-refractivity contribution in [2.24, 2.45) is 11.8 Å². The molecule has 0 amide bonds. The van der Waals surface area contributed by atoms with E-state index in [0.717, 1.165) is 69.9 Å². The molecule has 2 unspecified atom stereocenters. The summed E-state index contributed by atoms with van der Waals surface area (Å²) in [5.74, 6) is 1.12. The van der Waals surface area contributed by atoms with Crippen LogP contribution in [0.3, 0.4) is 0 Å². The largest absolute Gasteiger partial charge is 0.478 e. The molecule has 6 aromatic carbocycles. The molecular formula is C102H123N9O6. The number of esters is 2. The van der Waals surface area contributed by atoms with E-state index in [1.54, 1.807) is 0 Å². The number of piperidine rings is 3. The van der Waals surface area contributed by atoms with Crippen molar-refractivity contribution in [1.82, 2.24) is 42.1 Å². The van der Waals surface area contributed by atoms with Gasteiger partial charge in [-0.3, -0.25) is 14.7 Å². The molecule has 612 valence electrons. The zero-order valence-corrected chi connectivity index (χ0v) is 69.3. The minimum absolute atomic E-state index is 0. The lowest BCUT2D eigenvalue weighted by molar-refractivity contribution is 0.0592. The molecule has 0 radical (unpaired) electrons. The van der Waals surface area contributed by atoms with Crippen LogP contribution in [0.5, 0.6) is 0 Å². The van der Waals surface area contributed by atoms with Crippen molar-refractivity contribution in [1.29, 1.82) is 0 Å². The zero-order chi connectivity index (χ0) is 78.8. The number of hydrogen-bond acceptors (Lipinski definition) is 8. The van der Waals surface area contributed by atoms with Gasteiger partial charge in [0.25, 0.3) is 0 Å². The second-order valence-electron chi connectivity index (χ2n) is 36.6. The maximum atomic E-state index is 12.6. The van der Waals surface area contributed by atoms with Gasteiger partial charge in [0, 0.05) is 143 Å². The van der Waals surface area contributed by atoms with E-state index in [0.29, 0.717) is 46.3 Å². The van der Waals surface area contributed by atoms with Gasteiger partial charge >= 0.3 is 17.9 Å². The van der Waals surface area contributed by atoms with Gasteiger partial charge in [0.2, 0.25) is 0 Å². The first kappa shape index (κ1) is 78.7. The number of aromatic nitrogens is 6. The highest BCUT2D eigenvalue weighted by atomic mass is 16.5. The summed E-state index contributed by atoms with van der Waals surface area (Å²) >= 11 is 0. The molecule has 117 heavy (non-hydrogen) atoms. The van der Waals surface area contributed by atoms with Crippen LogP contribution >= 0.6 is 0 Å². The smallest absolute Gasteiger partial charge is 0.337 e. The monoisotopic (exact) mass is 1570 g/mol. The topological polar surface area (TPSA) is 129 Å². The van der Waals surface area contributed by atoms with Crippen LogP contribution in [0.2, 0.25) is 0 Å². The second kappa shape index (κ2) is 33.8. The molecule has 9 aliphatic rings. The van der Waals surface area contributed by atoms with Crippen molar-refractivity contribution in [2.45, 2.75) is 252 Å². The van der Waals surface area contributed by atoms with E-state index in [1.165, 1.54) is 335 Å². The highest BCUT2D eigenvalue weighted by Crippen LogP contribution is 2.52. The number of aromatic carboxylic acids is 1. The SMILES string of the molecule is C.C=C1Cn2cc(CN3CCCCC3)c3cccc(c32)-c2c(C3CCCCC3)c3ccc(C(=O)OC)cc3n2C1.CC1Cn2cc(CN3CCCCC3)c3cccc(c32)-c2c(C3CCCCC3)c3ccc(C(=O)O)cc3n2C1.COC(=O)c1ccc2c(C3CCCCC3)c3n(c2c1)CC(C)Cn1cc(CN2CCCCC2)c2cccc-3c21. The third-order valence-electron chi connectivity index (χ3n) is 28.5. The van der Waals surface area contributed by atoms with E-state index in [1.807, 2.05) is 30.3 Å². The average Bonchev–Trinajstić information content (AvgIpc) is 1.58. The number of carboxylic acids is 1. The molecule has 0 bridgehead atoms. The summed E-state index contributed by atoms with van der Waals surface area (Å²) in [6.45, 7) is 25.0. The molecule has 12 aromatic rings. The first-order valence-corrected chi connectivity index (χ1v) is 44.9. The number of fused-ring (bicyclic) bond motifs is 12. The third kappa shape index (κ3) is 14.9. The highest BCUT2D eigenvalue weighted by Gasteiger charge is 2.36. The van der Waals surface area contributed by atoms with Gasteiger partial charge in [-0.25, -0.2) is 14.4 Å². The lowest BCUT2D eigenvalue weighted by Crippen LogP contribution is -2.29. The fourth-order valence-corrected chi connectivity index (χ4v) is 23.2. The quantitative estimate of drug-likeness (QED) is 0.0939. The lowest BCUT2D eigenvalue weighted by atomic mass is 9.81. The van der Waals surface area contributed by atoms with E-state index in [2.05, 4.69) is 160 Å². The van der Waals surface area contributed by atoms with Crippen molar-refractivity contribution < 1.29 is 29.0 Å². The van der Waals surface area contributed by atoms with Gasteiger partial charge in [0.1, 0.15) is 0 Å². The van der Waals surface area contributed by atoms with Gasteiger partial charge < -0.3 is 42.0 Å². The number of para-hydroxylation sites is 3. The maximum absolute atomic E-state index is 12.6. The molecule has 6 aliphatic heterocycles. The van der Waals surface area contributed by atoms with Crippen molar-refractivity contribution in [3.05, 3.63) is 190 Å². The molecule has 1 N–H and O–H groups in total. The Balaban J connectivity index is 0.000000121. The summed E-state index contributed by atoms with van der Waals surface area (Å²) in [6, 6.07) is 39.1. The summed E-state index contributed by atoms with van der Waals surface area (Å²) in [7, 11) is 2.93. The minimum Gasteiger partial charge on any atom is -0.478 e. The average molecular weight is 1570 g/mol. The molecule has 3 saturated carbocycles. The summed E-state index contributed by atoms with van der Waals surface area (Å²) in [4.78, 5) is 45.0. The van der Waals surface area contributed by atoms with Gasteiger partial charge in [0.15, 0.2) is 0 Å². The number of rotatable bonds is 12. The number of ether oxygens (including phenoxy) is 2. The van der Waals surface area contributed by atoms with Crippen LogP contribution in [-0.2, 0) is 68.4 Å². The third-order valence-corrected chi connectivity index (χ3v) is 28.5. The van der Waals surface area contributed by atoms with Gasteiger partial charge in [-0.15, -0.1) is 0 Å². The molecule has 15 heteroatoms. The normalized spacial score (nSPS) is 19.9. The van der Waals surface area contributed by atoms with Crippen molar-refractivity contribution >= 4 is 83.3 Å². The van der Waals surface area contributed by atoms with E-state index in [-0.39, 0.29) is 19.4 Å². The minimum atomic E-state index is -0.848. The number of likely N-dealkylation sites (tertiary alicyclic amines) is 3. The first-order valence-electron chi connectivity index (χ1n) is 44.9. The van der Waals surface area contributed by atoms with Crippen molar-refractivity contribution in [2.75, 3.05) is 53.5 Å². The Morgan fingerprint density at radius 1 is 0.385 bits per heavy atom. The first-order chi connectivity index (χ1) is 56.8. The second-order valence-corrected chi connectivity index (χ2v) is 36.6. The molecule has 6 aromatic heterocycles. The van der Waals surface area contributed by atoms with E-state index >= 15 is 0 Å². The Hall–Kier alpha value is -9.41. The molecule has 2 atom stereocenters. The Labute approximate surface area is 691 Å². The molecule has 21 rings (SSSR count). The highest BCUT2D eigenvalue weighted by molar-refractivity contribution is 6.07. The fraction of sp³-hybridized carbons (Fsp3) is 0.480. The lowest BCUT2D eigenvalue weighted by Gasteiger charge is -2.26. The summed E-state index contributed by atoms with van der Waals surface area (Å²) in [5.41, 5.74) is 27.2. The number of carbonyl (C=O) groups excluding carboxylic acids is 2. The number of hydrogen-bond donors (Lipinski definition) is 1. The number of benzene rings is 6. The number of nitrogens with zero attached hydrogens (tertiary/aromatic N) is 9. The maximum Gasteiger partial charge on any atom is 0.337 e. The summed E-state index contributed by atoms with van der Waals surface area (Å²) in [6.07, 6.45) is 38.4. The van der Waals surface area contributed by atoms with Crippen molar-refractivity contribution in [3.63, 3.8) is 0 Å². The van der Waals surface area contributed by atoms with E-state index < -0.39 is 5.97 Å². The molecule has 0 spiro atoms. The van der Waals surface area contributed by atoms with Crippen LogP contribution in [0.1, 0.15) is 258 Å². The number of allylic oxidation sites excluding steroid dienone is 1. The van der Waals surface area contributed by atoms with Gasteiger partial charge in [-0.05, 0) is 221 Å². The predicted octanol–water partition coefficient (Wildman–Crippen LogP) is 23.7. The van der Waals surface area contributed by atoms with Crippen LogP contribution in [0.15, 0.2) is 140 Å². The van der Waals surface area contributed by atoms with Crippen LogP contribution < -0.4 is 0 Å². The standard InChI is InChI=1S/C34H41N3O2.C34H39N3O2.C33H39N3O2.CH4/c2*1-23-19-36-22-26(21-35-16-7-4-8-17-35)27-12-9-13-29(32(27)36)33-31(24-10-5-3-6-11-24)28-15-14-25(34(38)39-2)18-30(28)37(33)20-23;1-22-18-35-21-25(20-34-15-6-3-7-16-34)26-11-8-12-28(31(26)35)32-30(23-9-4-2-5-10-23)27-14-13-24(33(37)38)17-29(27)36(32)19-22;/h9,12-15,18,22-24H,3-8,10-11,16-17,19-21H2,1-2H3;9,12-15,18,22,24H,1,3-8,10-11,16-17,19-21H2,2H3;8,11-14,17,21-23H,2-7,9-10,15-16,18-20H2,1H3,(H,37,38);1H4. The summed E-state index contributed by atoms with van der Waals surface area (Å²) in [5, 5.41) is 17.9. The molecular weight excluding hydrogens is 1450 g/mol. The van der Waals surface area contributed by atoms with Crippen LogP contribution in [-0.4, -0.2) is 119 Å². The van der Waals surface area contributed by atoms with Gasteiger partial charge in [-0.2, -0.15) is 0 Å². The Kier molecular flexibility index (Phi) is 22.7. The van der Waals surface area contributed by atoms with Crippen LogP contribution in [0.25, 0.3) is 99.2 Å². The van der Waals surface area contributed by atoms with E-state index in [9.17, 15) is 19.5 Å².